The van der Waals surface area contributed by atoms with Gasteiger partial charge in [-0.3, -0.25) is 9.59 Å². The summed E-state index contributed by atoms with van der Waals surface area (Å²) in [4.78, 5) is 27.2. The van der Waals surface area contributed by atoms with Gasteiger partial charge in [0, 0.05) is 25.5 Å². The molecule has 0 radical (unpaired) electrons. The number of carbonyl (C=O) groups excluding carboxylic acids is 2. The SMILES string of the molecule is O=C(NCCCn1ccnc1)C(=O)Nc1ccccc1Cl. The van der Waals surface area contributed by atoms with Gasteiger partial charge >= 0.3 is 11.8 Å². The normalized spacial score (nSPS) is 10.1. The molecule has 0 saturated carbocycles. The van der Waals surface area contributed by atoms with Gasteiger partial charge < -0.3 is 15.2 Å². The molecule has 0 bridgehead atoms. The van der Waals surface area contributed by atoms with Gasteiger partial charge in [-0.2, -0.15) is 0 Å². The van der Waals surface area contributed by atoms with E-state index in [1.165, 1.54) is 0 Å². The van der Waals surface area contributed by atoms with E-state index in [4.69, 9.17) is 11.6 Å². The fraction of sp³-hybridized carbons (Fsp3) is 0.214. The van der Waals surface area contributed by atoms with Gasteiger partial charge in [-0.15, -0.1) is 0 Å². The van der Waals surface area contributed by atoms with E-state index in [0.717, 1.165) is 6.54 Å². The molecule has 21 heavy (non-hydrogen) atoms. The predicted octanol–water partition coefficient (Wildman–Crippen LogP) is 1.68. The van der Waals surface area contributed by atoms with Crippen molar-refractivity contribution in [2.24, 2.45) is 0 Å². The zero-order chi connectivity index (χ0) is 15.1. The monoisotopic (exact) mass is 306 g/mol. The van der Waals surface area contributed by atoms with E-state index in [2.05, 4.69) is 15.6 Å². The van der Waals surface area contributed by atoms with Crippen LogP contribution in [0.1, 0.15) is 6.42 Å². The summed E-state index contributed by atoms with van der Waals surface area (Å²) in [5.74, 6) is -1.41. The van der Waals surface area contributed by atoms with Gasteiger partial charge in [0.05, 0.1) is 17.0 Å². The van der Waals surface area contributed by atoms with Crippen molar-refractivity contribution >= 4 is 29.1 Å². The van der Waals surface area contributed by atoms with Gasteiger partial charge in [-0.05, 0) is 18.6 Å². The Morgan fingerprint density at radius 1 is 1.24 bits per heavy atom. The van der Waals surface area contributed by atoms with Crippen LogP contribution in [0.2, 0.25) is 5.02 Å². The second-order valence-electron chi connectivity index (χ2n) is 4.34. The van der Waals surface area contributed by atoms with Crippen LogP contribution < -0.4 is 10.6 Å². The molecule has 0 fully saturated rings. The Morgan fingerprint density at radius 2 is 2.05 bits per heavy atom. The molecular formula is C14H15ClN4O2. The average Bonchev–Trinajstić information content (AvgIpc) is 2.99. The number of rotatable bonds is 5. The van der Waals surface area contributed by atoms with Crippen LogP contribution in [0.25, 0.3) is 0 Å². The third-order valence-electron chi connectivity index (χ3n) is 2.77. The molecule has 2 aromatic rings. The van der Waals surface area contributed by atoms with Crippen LogP contribution in [-0.4, -0.2) is 27.9 Å². The van der Waals surface area contributed by atoms with Gasteiger partial charge in [0.25, 0.3) is 0 Å². The van der Waals surface area contributed by atoms with Gasteiger partial charge in [0.2, 0.25) is 0 Å². The number of anilines is 1. The molecule has 6 nitrogen and oxygen atoms in total. The van der Waals surface area contributed by atoms with Gasteiger partial charge in [0.1, 0.15) is 0 Å². The molecule has 1 aromatic heterocycles. The van der Waals surface area contributed by atoms with Gasteiger partial charge in [0.15, 0.2) is 0 Å². The van der Waals surface area contributed by atoms with Gasteiger partial charge in [-0.25, -0.2) is 4.98 Å². The third kappa shape index (κ3) is 4.61. The molecule has 0 aliphatic carbocycles. The summed E-state index contributed by atoms with van der Waals surface area (Å²) in [6, 6.07) is 6.74. The maximum atomic E-state index is 11.7. The number of aryl methyl sites for hydroxylation is 1. The van der Waals surface area contributed by atoms with E-state index in [1.807, 2.05) is 10.8 Å². The Labute approximate surface area is 127 Å². The Bertz CT molecular complexity index is 613. The van der Waals surface area contributed by atoms with E-state index in [1.54, 1.807) is 36.8 Å². The zero-order valence-electron chi connectivity index (χ0n) is 11.3. The number of hydrogen-bond acceptors (Lipinski definition) is 3. The minimum Gasteiger partial charge on any atom is -0.348 e. The zero-order valence-corrected chi connectivity index (χ0v) is 12.0. The van der Waals surface area contributed by atoms with Crippen molar-refractivity contribution < 1.29 is 9.59 Å². The molecule has 2 rings (SSSR count). The molecule has 7 heteroatoms. The second-order valence-corrected chi connectivity index (χ2v) is 4.75. The number of benzene rings is 1. The third-order valence-corrected chi connectivity index (χ3v) is 3.10. The molecule has 110 valence electrons. The minimum absolute atomic E-state index is 0.388. The van der Waals surface area contributed by atoms with Crippen LogP contribution in [-0.2, 0) is 16.1 Å². The van der Waals surface area contributed by atoms with Crippen molar-refractivity contribution in [3.05, 3.63) is 48.0 Å². The van der Waals surface area contributed by atoms with E-state index < -0.39 is 11.8 Å². The Hall–Kier alpha value is -2.34. The Morgan fingerprint density at radius 3 is 2.76 bits per heavy atom. The lowest BCUT2D eigenvalue weighted by molar-refractivity contribution is -0.136. The summed E-state index contributed by atoms with van der Waals surface area (Å²) in [6.07, 6.45) is 5.94. The first-order chi connectivity index (χ1) is 10.2. The van der Waals surface area contributed by atoms with Crippen molar-refractivity contribution in [3.63, 3.8) is 0 Å². The number of carbonyl (C=O) groups is 2. The summed E-state index contributed by atoms with van der Waals surface area (Å²) < 4.78 is 1.90. The highest BCUT2D eigenvalue weighted by atomic mass is 35.5. The number of nitrogens with one attached hydrogen (secondary N) is 2. The number of amides is 2. The molecule has 0 aliphatic rings. The van der Waals surface area contributed by atoms with E-state index in [9.17, 15) is 9.59 Å². The molecule has 0 aliphatic heterocycles. The maximum Gasteiger partial charge on any atom is 0.313 e. The Kier molecular flexibility index (Phi) is 5.34. The smallest absolute Gasteiger partial charge is 0.313 e. The molecule has 0 spiro atoms. The molecule has 0 saturated heterocycles. The lowest BCUT2D eigenvalue weighted by Gasteiger charge is -2.08. The van der Waals surface area contributed by atoms with E-state index in [0.29, 0.717) is 23.7 Å². The summed E-state index contributed by atoms with van der Waals surface area (Å²) in [5, 5.41) is 5.41. The minimum atomic E-state index is -0.731. The number of para-hydroxylation sites is 1. The van der Waals surface area contributed by atoms with Crippen molar-refractivity contribution in [3.8, 4) is 0 Å². The van der Waals surface area contributed by atoms with Crippen molar-refractivity contribution in [2.45, 2.75) is 13.0 Å². The van der Waals surface area contributed by atoms with Crippen LogP contribution in [0.15, 0.2) is 43.0 Å². The molecule has 0 unspecified atom stereocenters. The lowest BCUT2D eigenvalue weighted by Crippen LogP contribution is -2.36. The van der Waals surface area contributed by atoms with E-state index in [-0.39, 0.29) is 0 Å². The standard InChI is InChI=1S/C14H15ClN4O2/c15-11-4-1-2-5-12(11)18-14(21)13(20)17-6-3-8-19-9-7-16-10-19/h1-2,4-5,7,9-10H,3,6,8H2,(H,17,20)(H,18,21). The molecule has 1 heterocycles. The number of hydrogen-bond donors (Lipinski definition) is 2. The summed E-state index contributed by atoms with van der Waals surface area (Å²) in [6.45, 7) is 1.14. The molecule has 2 amide bonds. The summed E-state index contributed by atoms with van der Waals surface area (Å²) in [5.41, 5.74) is 0.415. The van der Waals surface area contributed by atoms with Crippen molar-refractivity contribution in [1.29, 1.82) is 0 Å². The van der Waals surface area contributed by atoms with Crippen molar-refractivity contribution in [2.75, 3.05) is 11.9 Å². The molecule has 2 N–H and O–H groups in total. The summed E-state index contributed by atoms with van der Waals surface area (Å²) in [7, 11) is 0. The van der Waals surface area contributed by atoms with E-state index >= 15 is 0 Å². The highest BCUT2D eigenvalue weighted by Crippen LogP contribution is 2.20. The number of halogens is 1. The Balaban J connectivity index is 1.73. The average molecular weight is 307 g/mol. The van der Waals surface area contributed by atoms with Crippen LogP contribution in [0.5, 0.6) is 0 Å². The molecule has 1 aromatic carbocycles. The fourth-order valence-electron chi connectivity index (χ4n) is 1.70. The van der Waals surface area contributed by atoms with Gasteiger partial charge in [-0.1, -0.05) is 23.7 Å². The molecule has 0 atom stereocenters. The summed E-state index contributed by atoms with van der Waals surface area (Å²) >= 11 is 5.90. The largest absolute Gasteiger partial charge is 0.348 e. The number of imidazole rings is 1. The maximum absolute atomic E-state index is 11.7. The van der Waals surface area contributed by atoms with Crippen LogP contribution in [0.3, 0.4) is 0 Å². The first-order valence-corrected chi connectivity index (χ1v) is 6.84. The van der Waals surface area contributed by atoms with Crippen molar-refractivity contribution in [1.82, 2.24) is 14.9 Å². The highest BCUT2D eigenvalue weighted by Gasteiger charge is 2.14. The van der Waals surface area contributed by atoms with Crippen LogP contribution in [0, 0.1) is 0 Å². The quantitative estimate of drug-likeness (QED) is 0.652. The first kappa shape index (κ1) is 15.1. The van der Waals surface area contributed by atoms with Crippen LogP contribution in [0.4, 0.5) is 5.69 Å². The predicted molar refractivity (Wildman–Crippen MR) is 79.9 cm³/mol. The molecular weight excluding hydrogens is 292 g/mol. The number of aromatic nitrogens is 2. The lowest BCUT2D eigenvalue weighted by atomic mass is 10.3. The first-order valence-electron chi connectivity index (χ1n) is 6.46. The number of nitrogens with zero attached hydrogens (tertiary/aromatic N) is 2. The second kappa shape index (κ2) is 7.44. The van der Waals surface area contributed by atoms with Crippen LogP contribution >= 0.6 is 11.6 Å². The topological polar surface area (TPSA) is 76.0 Å². The highest BCUT2D eigenvalue weighted by molar-refractivity contribution is 6.41. The fourth-order valence-corrected chi connectivity index (χ4v) is 1.89.